The van der Waals surface area contributed by atoms with Gasteiger partial charge in [-0.15, -0.1) is 0 Å². The Balaban J connectivity index is 0. The van der Waals surface area contributed by atoms with Crippen LogP contribution in [0, 0.1) is 0 Å². The van der Waals surface area contributed by atoms with Crippen molar-refractivity contribution in [3.63, 3.8) is 0 Å². The SMILES string of the molecule is CCCCCCCC/C=C\CCCCCCCC(=O)OCC(COC(=O)CCCCCCC/C=C\CCCCCCCC)OC(=O)CCCCCCC/C=C\CCCCCCCC.OCCNCCO. The standard InChI is InChI=1S/C57H104O6.C4H11NO2/c1-4-7-10-13-16-19-22-25-28-31-34-37-40-43-46-49-55(58)61-52-54(63-57(60)51-48-45-42-39-36-33-30-27-24-21-18-15-12-9-6-3)53-62-56(59)50-47-44-41-38-35-32-29-26-23-20-17-14-11-8-5-2;6-3-1-5-2-4-7/h25-30,54H,4-24,31-53H2,1-3H3;5-7H,1-4H2/b28-25-,29-26-,30-27-;. The molecule has 412 valence electrons. The monoisotopic (exact) mass is 990 g/mol. The number of ether oxygens (including phenoxy) is 3. The molecule has 0 amide bonds. The molecule has 0 spiro atoms. The lowest BCUT2D eigenvalue weighted by molar-refractivity contribution is -0.167. The highest BCUT2D eigenvalue weighted by Gasteiger charge is 2.19. The second-order valence-corrected chi connectivity index (χ2v) is 19.7. The van der Waals surface area contributed by atoms with Crippen LogP contribution in [0.25, 0.3) is 0 Å². The predicted molar refractivity (Wildman–Crippen MR) is 297 cm³/mol. The van der Waals surface area contributed by atoms with Crippen molar-refractivity contribution < 1.29 is 38.8 Å². The van der Waals surface area contributed by atoms with Crippen LogP contribution in [0.15, 0.2) is 36.5 Å². The van der Waals surface area contributed by atoms with Gasteiger partial charge < -0.3 is 29.7 Å². The normalized spacial score (nSPS) is 11.6. The van der Waals surface area contributed by atoms with Crippen LogP contribution >= 0.6 is 0 Å². The molecule has 0 aromatic heterocycles. The zero-order valence-corrected chi connectivity index (χ0v) is 46.3. The van der Waals surface area contributed by atoms with Gasteiger partial charge in [0, 0.05) is 32.4 Å². The molecule has 0 aliphatic heterocycles. The molecule has 0 saturated heterocycles. The first-order chi connectivity index (χ1) is 34.4. The lowest BCUT2D eigenvalue weighted by Gasteiger charge is -2.18. The summed E-state index contributed by atoms with van der Waals surface area (Å²) < 4.78 is 16.8. The van der Waals surface area contributed by atoms with E-state index in [1.807, 2.05) is 0 Å². The Morgan fingerprint density at radius 2 is 0.600 bits per heavy atom. The number of unbranched alkanes of at least 4 members (excludes halogenated alkanes) is 33. The minimum Gasteiger partial charge on any atom is -0.462 e. The van der Waals surface area contributed by atoms with E-state index in [4.69, 9.17) is 24.4 Å². The molecule has 0 aliphatic carbocycles. The smallest absolute Gasteiger partial charge is 0.306 e. The number of esters is 3. The number of carbonyl (C=O) groups excluding carboxylic acids is 3. The zero-order chi connectivity index (χ0) is 51.3. The van der Waals surface area contributed by atoms with Gasteiger partial charge in [0.25, 0.3) is 0 Å². The molecule has 3 N–H and O–H groups in total. The van der Waals surface area contributed by atoms with Crippen molar-refractivity contribution in [2.75, 3.05) is 39.5 Å². The Morgan fingerprint density at radius 1 is 0.357 bits per heavy atom. The first-order valence-electron chi connectivity index (χ1n) is 29.8. The van der Waals surface area contributed by atoms with Gasteiger partial charge in [0.1, 0.15) is 13.2 Å². The fourth-order valence-electron chi connectivity index (χ4n) is 8.18. The van der Waals surface area contributed by atoms with Crippen molar-refractivity contribution >= 4 is 17.9 Å². The molecule has 0 unspecified atom stereocenters. The number of allylic oxidation sites excluding steroid dienone is 6. The van der Waals surface area contributed by atoms with Gasteiger partial charge in [-0.25, -0.2) is 0 Å². The topological polar surface area (TPSA) is 131 Å². The third kappa shape index (κ3) is 61.6. The van der Waals surface area contributed by atoms with Crippen LogP contribution < -0.4 is 5.32 Å². The predicted octanol–water partition coefficient (Wildman–Crippen LogP) is 16.7. The molecule has 0 aromatic carbocycles. The Kier molecular flexibility index (Phi) is 62.3. The van der Waals surface area contributed by atoms with Gasteiger partial charge in [0.2, 0.25) is 0 Å². The Labute approximate surface area is 433 Å². The maximum absolute atomic E-state index is 12.8. The highest BCUT2D eigenvalue weighted by Crippen LogP contribution is 2.15. The van der Waals surface area contributed by atoms with Gasteiger partial charge in [0.05, 0.1) is 13.2 Å². The third-order valence-corrected chi connectivity index (χ3v) is 12.7. The number of nitrogens with one attached hydrogen (secondary N) is 1. The number of rotatable bonds is 54. The highest BCUT2D eigenvalue weighted by atomic mass is 16.6. The zero-order valence-electron chi connectivity index (χ0n) is 46.3. The van der Waals surface area contributed by atoms with E-state index in [9.17, 15) is 14.4 Å². The highest BCUT2D eigenvalue weighted by molar-refractivity contribution is 5.71. The molecule has 70 heavy (non-hydrogen) atoms. The van der Waals surface area contributed by atoms with Crippen molar-refractivity contribution in [3.8, 4) is 0 Å². The van der Waals surface area contributed by atoms with Crippen LogP contribution in [0.5, 0.6) is 0 Å². The molecule has 0 heterocycles. The molecule has 9 heteroatoms. The molecule has 0 saturated carbocycles. The largest absolute Gasteiger partial charge is 0.462 e. The number of aliphatic hydroxyl groups is 2. The Morgan fingerprint density at radius 3 is 0.871 bits per heavy atom. The van der Waals surface area contributed by atoms with E-state index in [0.717, 1.165) is 77.0 Å². The maximum Gasteiger partial charge on any atom is 0.306 e. The number of hydrogen-bond donors (Lipinski definition) is 3. The van der Waals surface area contributed by atoms with Crippen molar-refractivity contribution in [1.29, 1.82) is 0 Å². The van der Waals surface area contributed by atoms with E-state index < -0.39 is 6.10 Å². The molecule has 0 aliphatic rings. The summed E-state index contributed by atoms with van der Waals surface area (Å²) in [5.74, 6) is -0.893. The third-order valence-electron chi connectivity index (χ3n) is 12.7. The van der Waals surface area contributed by atoms with Crippen LogP contribution in [0.3, 0.4) is 0 Å². The fourth-order valence-corrected chi connectivity index (χ4v) is 8.18. The van der Waals surface area contributed by atoms with Crippen LogP contribution in [0.2, 0.25) is 0 Å². The van der Waals surface area contributed by atoms with Crippen molar-refractivity contribution in [2.45, 2.75) is 297 Å². The summed E-state index contributed by atoms with van der Waals surface area (Å²) in [6, 6.07) is 0. The van der Waals surface area contributed by atoms with Gasteiger partial charge in [-0.3, -0.25) is 14.4 Å². The molecule has 0 fully saturated rings. The summed E-state index contributed by atoms with van der Waals surface area (Å²) in [4.78, 5) is 38.0. The molecule has 0 radical (unpaired) electrons. The Bertz CT molecular complexity index is 1100. The van der Waals surface area contributed by atoms with E-state index >= 15 is 0 Å². The van der Waals surface area contributed by atoms with Gasteiger partial charge in [-0.1, -0.05) is 211 Å². The van der Waals surface area contributed by atoms with Gasteiger partial charge >= 0.3 is 17.9 Å². The quantitative estimate of drug-likeness (QED) is 0.0236. The maximum atomic E-state index is 12.8. The molecule has 9 nitrogen and oxygen atoms in total. The second kappa shape index (κ2) is 62.6. The van der Waals surface area contributed by atoms with Crippen LogP contribution in [0.1, 0.15) is 290 Å². The van der Waals surface area contributed by atoms with E-state index in [1.54, 1.807) is 0 Å². The van der Waals surface area contributed by atoms with Gasteiger partial charge in [0.15, 0.2) is 6.10 Å². The average Bonchev–Trinajstić information content (AvgIpc) is 3.36. The van der Waals surface area contributed by atoms with E-state index in [0.29, 0.717) is 32.4 Å². The minimum absolute atomic E-state index is 0.0806. The lowest BCUT2D eigenvalue weighted by atomic mass is 10.1. The molecular formula is C61H115NO8. The second-order valence-electron chi connectivity index (χ2n) is 19.7. The van der Waals surface area contributed by atoms with Crippen molar-refractivity contribution in [1.82, 2.24) is 5.32 Å². The van der Waals surface area contributed by atoms with Gasteiger partial charge in [-0.2, -0.15) is 0 Å². The minimum atomic E-state index is -0.781. The first kappa shape index (κ1) is 69.6. The number of aliphatic hydroxyl groups excluding tert-OH is 2. The van der Waals surface area contributed by atoms with E-state index in [1.165, 1.54) is 173 Å². The van der Waals surface area contributed by atoms with Crippen LogP contribution in [-0.4, -0.2) is 73.7 Å². The van der Waals surface area contributed by atoms with E-state index in [2.05, 4.69) is 62.5 Å². The summed E-state index contributed by atoms with van der Waals surface area (Å²) in [6.45, 7) is 8.04. The van der Waals surface area contributed by atoms with Crippen LogP contribution in [0.4, 0.5) is 0 Å². The van der Waals surface area contributed by atoms with E-state index in [-0.39, 0.29) is 44.3 Å². The fraction of sp³-hybridized carbons (Fsp3) is 0.852. The molecule has 0 atom stereocenters. The number of hydrogen-bond acceptors (Lipinski definition) is 9. The summed E-state index contributed by atoms with van der Waals surface area (Å²) in [5, 5.41) is 19.1. The van der Waals surface area contributed by atoms with Crippen LogP contribution in [-0.2, 0) is 28.6 Å². The molecular weight excluding hydrogens is 875 g/mol. The summed E-state index contributed by atoms with van der Waals surface area (Å²) >= 11 is 0. The molecule has 0 rings (SSSR count). The summed E-state index contributed by atoms with van der Waals surface area (Å²) in [6.07, 6.45) is 61.2. The Hall–Kier alpha value is -2.49. The first-order valence-corrected chi connectivity index (χ1v) is 29.8. The van der Waals surface area contributed by atoms with Crippen molar-refractivity contribution in [3.05, 3.63) is 36.5 Å². The van der Waals surface area contributed by atoms with Crippen molar-refractivity contribution in [2.24, 2.45) is 0 Å². The van der Waals surface area contributed by atoms with Gasteiger partial charge in [-0.05, 0) is 96.3 Å². The lowest BCUT2D eigenvalue weighted by Crippen LogP contribution is -2.30. The number of carbonyl (C=O) groups is 3. The average molecular weight is 991 g/mol. The molecule has 0 aromatic rings. The summed E-state index contributed by atoms with van der Waals surface area (Å²) in [5.41, 5.74) is 0. The summed E-state index contributed by atoms with van der Waals surface area (Å²) in [7, 11) is 0. The molecule has 0 bridgehead atoms.